The van der Waals surface area contributed by atoms with E-state index in [0.29, 0.717) is 11.4 Å². The van der Waals surface area contributed by atoms with Gasteiger partial charge in [-0.3, -0.25) is 0 Å². The van der Waals surface area contributed by atoms with Crippen LogP contribution in [0.25, 0.3) is 0 Å². The van der Waals surface area contributed by atoms with Gasteiger partial charge in [0.1, 0.15) is 17.4 Å². The summed E-state index contributed by atoms with van der Waals surface area (Å²) in [5.41, 5.74) is 1.12. The maximum atomic E-state index is 13.4. The number of amides is 2. The molecule has 0 fully saturated rings. The van der Waals surface area contributed by atoms with Gasteiger partial charge in [-0.25, -0.2) is 13.6 Å². The van der Waals surface area contributed by atoms with Crippen molar-refractivity contribution >= 4 is 17.4 Å². The number of carbonyl (C=O) groups is 1. The van der Waals surface area contributed by atoms with Crippen LogP contribution in [-0.4, -0.2) is 13.1 Å². The molecular formula is C15H14F2N2O2. The summed E-state index contributed by atoms with van der Waals surface area (Å²) in [7, 11) is 1.47. The Bertz CT molecular complexity index is 675. The number of hydrogen-bond donors (Lipinski definition) is 2. The van der Waals surface area contributed by atoms with Crippen molar-refractivity contribution in [2.24, 2.45) is 0 Å². The minimum absolute atomic E-state index is 0.237. The van der Waals surface area contributed by atoms with Crippen molar-refractivity contribution < 1.29 is 18.3 Å². The van der Waals surface area contributed by atoms with E-state index in [0.717, 1.165) is 23.8 Å². The fourth-order valence-electron chi connectivity index (χ4n) is 1.79. The van der Waals surface area contributed by atoms with Gasteiger partial charge in [0.15, 0.2) is 0 Å². The van der Waals surface area contributed by atoms with E-state index in [1.54, 1.807) is 12.1 Å². The topological polar surface area (TPSA) is 50.4 Å². The second kappa shape index (κ2) is 6.21. The Balaban J connectivity index is 2.15. The van der Waals surface area contributed by atoms with Crippen molar-refractivity contribution in [1.82, 2.24) is 0 Å². The molecule has 0 aromatic heterocycles. The lowest BCUT2D eigenvalue weighted by Gasteiger charge is -2.12. The first kappa shape index (κ1) is 14.8. The lowest BCUT2D eigenvalue weighted by molar-refractivity contribution is 0.262. The van der Waals surface area contributed by atoms with E-state index < -0.39 is 17.7 Å². The summed E-state index contributed by atoms with van der Waals surface area (Å²) in [6.07, 6.45) is 0. The van der Waals surface area contributed by atoms with Crippen LogP contribution in [0.1, 0.15) is 5.56 Å². The number of methoxy groups -OCH3 is 1. The Morgan fingerprint density at radius 3 is 2.48 bits per heavy atom. The summed E-state index contributed by atoms with van der Waals surface area (Å²) in [6, 6.07) is 7.37. The first-order valence-corrected chi connectivity index (χ1v) is 6.17. The molecule has 0 spiro atoms. The van der Waals surface area contributed by atoms with Gasteiger partial charge in [0.2, 0.25) is 0 Å². The van der Waals surface area contributed by atoms with Gasteiger partial charge in [-0.1, -0.05) is 6.07 Å². The van der Waals surface area contributed by atoms with Crippen molar-refractivity contribution in [2.45, 2.75) is 6.92 Å². The number of ether oxygens (including phenoxy) is 1. The summed E-state index contributed by atoms with van der Waals surface area (Å²) in [6.45, 7) is 1.86. The van der Waals surface area contributed by atoms with Crippen LogP contribution >= 0.6 is 0 Å². The summed E-state index contributed by atoms with van der Waals surface area (Å²) < 4.78 is 31.6. The van der Waals surface area contributed by atoms with E-state index in [1.165, 1.54) is 7.11 Å². The number of anilines is 2. The number of rotatable bonds is 3. The molecule has 110 valence electrons. The smallest absolute Gasteiger partial charge is 0.323 e. The zero-order valence-electron chi connectivity index (χ0n) is 11.5. The summed E-state index contributed by atoms with van der Waals surface area (Å²) >= 11 is 0. The molecule has 0 saturated carbocycles. The average molecular weight is 292 g/mol. The number of benzene rings is 2. The second-order valence-corrected chi connectivity index (χ2v) is 4.41. The number of urea groups is 1. The molecule has 0 saturated heterocycles. The first-order valence-electron chi connectivity index (χ1n) is 6.17. The number of nitrogens with one attached hydrogen (secondary N) is 2. The normalized spacial score (nSPS) is 10.1. The quantitative estimate of drug-likeness (QED) is 0.900. The van der Waals surface area contributed by atoms with Crippen molar-refractivity contribution in [3.8, 4) is 5.75 Å². The number of aryl methyl sites for hydroxylation is 1. The van der Waals surface area contributed by atoms with Crippen molar-refractivity contribution in [3.05, 3.63) is 53.6 Å². The average Bonchev–Trinajstić information content (AvgIpc) is 2.43. The third kappa shape index (κ3) is 3.68. The lowest BCUT2D eigenvalue weighted by atomic mass is 10.2. The van der Waals surface area contributed by atoms with Crippen LogP contribution in [-0.2, 0) is 0 Å². The molecule has 6 heteroatoms. The molecule has 0 unspecified atom stereocenters. The fourth-order valence-corrected chi connectivity index (χ4v) is 1.79. The highest BCUT2D eigenvalue weighted by Crippen LogP contribution is 2.25. The van der Waals surface area contributed by atoms with Gasteiger partial charge >= 0.3 is 6.03 Å². The Morgan fingerprint density at radius 2 is 1.76 bits per heavy atom. The molecule has 0 aliphatic heterocycles. The minimum atomic E-state index is -0.720. The van der Waals surface area contributed by atoms with Gasteiger partial charge in [-0.2, -0.15) is 0 Å². The zero-order chi connectivity index (χ0) is 15.4. The molecule has 0 aliphatic rings. The highest BCUT2D eigenvalue weighted by Gasteiger charge is 2.11. The summed E-state index contributed by atoms with van der Waals surface area (Å²) in [4.78, 5) is 11.9. The van der Waals surface area contributed by atoms with Crippen LogP contribution < -0.4 is 15.4 Å². The molecule has 0 aliphatic carbocycles. The van der Waals surface area contributed by atoms with E-state index in [2.05, 4.69) is 10.6 Å². The number of carbonyl (C=O) groups excluding carboxylic acids is 1. The molecule has 0 radical (unpaired) electrons. The van der Waals surface area contributed by atoms with E-state index >= 15 is 0 Å². The maximum absolute atomic E-state index is 13.4. The summed E-state index contributed by atoms with van der Waals surface area (Å²) in [5, 5.41) is 4.78. The van der Waals surface area contributed by atoms with Crippen molar-refractivity contribution in [2.75, 3.05) is 17.7 Å². The predicted octanol–water partition coefficient (Wildman–Crippen LogP) is 3.93. The second-order valence-electron chi connectivity index (χ2n) is 4.41. The van der Waals surface area contributed by atoms with Crippen molar-refractivity contribution in [1.29, 1.82) is 0 Å². The third-order valence-corrected chi connectivity index (χ3v) is 2.78. The molecule has 2 aromatic rings. The Labute approximate surface area is 120 Å². The lowest BCUT2D eigenvalue weighted by Crippen LogP contribution is -2.20. The van der Waals surface area contributed by atoms with Crippen LogP contribution in [0.2, 0.25) is 0 Å². The molecule has 0 bridgehead atoms. The van der Waals surface area contributed by atoms with E-state index in [4.69, 9.17) is 4.74 Å². The molecule has 2 aromatic carbocycles. The molecule has 21 heavy (non-hydrogen) atoms. The van der Waals surface area contributed by atoms with Crippen LogP contribution in [0, 0.1) is 18.6 Å². The van der Waals surface area contributed by atoms with Crippen LogP contribution in [0.3, 0.4) is 0 Å². The van der Waals surface area contributed by atoms with Gasteiger partial charge in [0.25, 0.3) is 0 Å². The minimum Gasteiger partial charge on any atom is -0.495 e. The van der Waals surface area contributed by atoms with Crippen LogP contribution in [0.5, 0.6) is 5.75 Å². The number of halogens is 2. The van der Waals surface area contributed by atoms with E-state index in [-0.39, 0.29) is 5.69 Å². The first-order chi connectivity index (χ1) is 9.99. The largest absolute Gasteiger partial charge is 0.495 e. The molecule has 2 rings (SSSR count). The van der Waals surface area contributed by atoms with Crippen LogP contribution in [0.15, 0.2) is 36.4 Å². The monoisotopic (exact) mass is 292 g/mol. The zero-order valence-corrected chi connectivity index (χ0v) is 11.5. The number of hydrogen-bond acceptors (Lipinski definition) is 2. The molecule has 2 N–H and O–H groups in total. The highest BCUT2D eigenvalue weighted by molar-refractivity contribution is 6.00. The van der Waals surface area contributed by atoms with Crippen molar-refractivity contribution in [3.63, 3.8) is 0 Å². The van der Waals surface area contributed by atoms with Crippen LogP contribution in [0.4, 0.5) is 25.0 Å². The molecule has 0 heterocycles. The molecule has 2 amide bonds. The van der Waals surface area contributed by atoms with Gasteiger partial charge in [0.05, 0.1) is 18.5 Å². The Morgan fingerprint density at radius 1 is 1.05 bits per heavy atom. The predicted molar refractivity (Wildman–Crippen MR) is 76.7 cm³/mol. The molecule has 4 nitrogen and oxygen atoms in total. The fraction of sp³-hybridized carbons (Fsp3) is 0.133. The maximum Gasteiger partial charge on any atom is 0.323 e. The van der Waals surface area contributed by atoms with Gasteiger partial charge in [-0.15, -0.1) is 0 Å². The SMILES string of the molecule is COc1ccc(C)cc1NC(=O)Nc1cc(F)ccc1F. The molecule has 0 atom stereocenters. The summed E-state index contributed by atoms with van der Waals surface area (Å²) in [5.74, 6) is -0.891. The Hall–Kier alpha value is -2.63. The van der Waals surface area contributed by atoms with Gasteiger partial charge in [0, 0.05) is 6.07 Å². The van der Waals surface area contributed by atoms with E-state index in [1.807, 2.05) is 13.0 Å². The third-order valence-electron chi connectivity index (χ3n) is 2.78. The molecular weight excluding hydrogens is 278 g/mol. The van der Waals surface area contributed by atoms with Gasteiger partial charge in [-0.05, 0) is 36.8 Å². The highest BCUT2D eigenvalue weighted by atomic mass is 19.1. The Kier molecular flexibility index (Phi) is 4.37. The van der Waals surface area contributed by atoms with E-state index in [9.17, 15) is 13.6 Å². The standard InChI is InChI=1S/C15H14F2N2O2/c1-9-3-6-14(21-2)13(7-9)19-15(20)18-12-8-10(16)4-5-11(12)17/h3-8H,1-2H3,(H2,18,19,20). The van der Waals surface area contributed by atoms with Gasteiger partial charge < -0.3 is 15.4 Å².